The van der Waals surface area contributed by atoms with E-state index in [1.165, 1.54) is 53.9 Å². The van der Waals surface area contributed by atoms with Gasteiger partial charge in [-0.3, -0.25) is 0 Å². The summed E-state index contributed by atoms with van der Waals surface area (Å²) < 4.78 is 45.1. The van der Waals surface area contributed by atoms with Gasteiger partial charge < -0.3 is 4.74 Å². The van der Waals surface area contributed by atoms with E-state index in [0.29, 0.717) is 5.82 Å². The molecule has 0 aliphatic rings. The summed E-state index contributed by atoms with van der Waals surface area (Å²) in [5, 5.41) is 3.89. The van der Waals surface area contributed by atoms with Crippen molar-refractivity contribution in [2.45, 2.75) is 12.8 Å². The standard InChI is InChI=1S/C16H11F3N4O2/c17-16(18,19)13-4-2-1-3-12(13)8-25-15(24)11-5-6-14(21-7-11)23-10-20-9-22-23/h1-7,9-10H,8H2. The minimum atomic E-state index is -4.51. The molecule has 2 heterocycles. The highest BCUT2D eigenvalue weighted by Gasteiger charge is 2.33. The molecule has 128 valence electrons. The number of carbonyl (C=O) groups is 1. The van der Waals surface area contributed by atoms with Crippen LogP contribution in [0.3, 0.4) is 0 Å². The summed E-state index contributed by atoms with van der Waals surface area (Å²) in [4.78, 5) is 19.8. The molecule has 0 aliphatic heterocycles. The summed E-state index contributed by atoms with van der Waals surface area (Å²) in [7, 11) is 0. The number of carbonyl (C=O) groups excluding carboxylic acids is 1. The molecule has 1 aromatic carbocycles. The molecule has 3 aromatic rings. The fraction of sp³-hybridized carbons (Fsp3) is 0.125. The molecule has 0 unspecified atom stereocenters. The Kier molecular flexibility index (Phi) is 4.46. The van der Waals surface area contributed by atoms with Crippen molar-refractivity contribution in [3.8, 4) is 5.82 Å². The van der Waals surface area contributed by atoms with Gasteiger partial charge in [-0.2, -0.15) is 18.3 Å². The normalized spacial score (nSPS) is 11.3. The monoisotopic (exact) mass is 348 g/mol. The molecule has 0 bridgehead atoms. The van der Waals surface area contributed by atoms with Gasteiger partial charge in [-0.15, -0.1) is 0 Å². The van der Waals surface area contributed by atoms with Crippen LogP contribution >= 0.6 is 0 Å². The zero-order valence-electron chi connectivity index (χ0n) is 12.6. The number of aromatic nitrogens is 4. The lowest BCUT2D eigenvalue weighted by Gasteiger charge is -2.12. The molecule has 2 aromatic heterocycles. The van der Waals surface area contributed by atoms with E-state index in [0.717, 1.165) is 6.07 Å². The summed E-state index contributed by atoms with van der Waals surface area (Å²) >= 11 is 0. The lowest BCUT2D eigenvalue weighted by molar-refractivity contribution is -0.138. The summed E-state index contributed by atoms with van der Waals surface area (Å²) in [5.74, 6) is -0.328. The first kappa shape index (κ1) is 16.6. The van der Waals surface area contributed by atoms with Gasteiger partial charge in [0.25, 0.3) is 0 Å². The quantitative estimate of drug-likeness (QED) is 0.678. The zero-order chi connectivity index (χ0) is 17.9. The van der Waals surface area contributed by atoms with Gasteiger partial charge in [-0.1, -0.05) is 18.2 Å². The maximum absolute atomic E-state index is 12.9. The van der Waals surface area contributed by atoms with E-state index in [4.69, 9.17) is 4.74 Å². The second-order valence-electron chi connectivity index (χ2n) is 4.98. The van der Waals surface area contributed by atoms with Crippen molar-refractivity contribution in [3.63, 3.8) is 0 Å². The van der Waals surface area contributed by atoms with Crippen LogP contribution in [0.25, 0.3) is 5.82 Å². The van der Waals surface area contributed by atoms with Crippen molar-refractivity contribution >= 4 is 5.97 Å². The lowest BCUT2D eigenvalue weighted by Crippen LogP contribution is -2.12. The molecule has 0 fully saturated rings. The molecule has 0 N–H and O–H groups in total. The first-order valence-electron chi connectivity index (χ1n) is 7.08. The molecule has 6 nitrogen and oxygen atoms in total. The van der Waals surface area contributed by atoms with Crippen LogP contribution in [0.1, 0.15) is 21.5 Å². The molecule has 9 heteroatoms. The molecule has 0 saturated heterocycles. The van der Waals surface area contributed by atoms with Crippen molar-refractivity contribution in [3.05, 3.63) is 71.9 Å². The minimum absolute atomic E-state index is 0.115. The van der Waals surface area contributed by atoms with Crippen molar-refractivity contribution in [1.82, 2.24) is 19.7 Å². The predicted octanol–water partition coefficient (Wildman–Crippen LogP) is 3.04. The molecule has 3 rings (SSSR count). The van der Waals surface area contributed by atoms with Crippen molar-refractivity contribution in [2.24, 2.45) is 0 Å². The second-order valence-corrected chi connectivity index (χ2v) is 4.98. The van der Waals surface area contributed by atoms with Crippen LogP contribution < -0.4 is 0 Å². The van der Waals surface area contributed by atoms with Crippen LogP contribution in [0.2, 0.25) is 0 Å². The zero-order valence-corrected chi connectivity index (χ0v) is 12.6. The lowest BCUT2D eigenvalue weighted by atomic mass is 10.1. The Hall–Kier alpha value is -3.23. The summed E-state index contributed by atoms with van der Waals surface area (Å²) in [6.45, 7) is -0.487. The molecule has 0 aliphatic carbocycles. The van der Waals surface area contributed by atoms with Gasteiger partial charge in [0.15, 0.2) is 5.82 Å². The van der Waals surface area contributed by atoms with E-state index in [9.17, 15) is 18.0 Å². The number of pyridine rings is 1. The molecular formula is C16H11F3N4O2. The Morgan fingerprint density at radius 1 is 1.16 bits per heavy atom. The Morgan fingerprint density at radius 2 is 1.96 bits per heavy atom. The van der Waals surface area contributed by atoms with Gasteiger partial charge in [-0.25, -0.2) is 19.4 Å². The Balaban J connectivity index is 1.69. The number of benzene rings is 1. The maximum atomic E-state index is 12.9. The van der Waals surface area contributed by atoms with Gasteiger partial charge in [0.05, 0.1) is 11.1 Å². The van der Waals surface area contributed by atoms with Crippen molar-refractivity contribution in [1.29, 1.82) is 0 Å². The molecular weight excluding hydrogens is 337 g/mol. The second kappa shape index (κ2) is 6.71. The number of esters is 1. The van der Waals surface area contributed by atoms with E-state index in [2.05, 4.69) is 15.1 Å². The highest BCUT2D eigenvalue weighted by atomic mass is 19.4. The first-order valence-corrected chi connectivity index (χ1v) is 7.08. The fourth-order valence-electron chi connectivity index (χ4n) is 2.12. The Labute approximate surface area is 139 Å². The third-order valence-corrected chi connectivity index (χ3v) is 3.32. The third kappa shape index (κ3) is 3.82. The van der Waals surface area contributed by atoms with E-state index in [1.54, 1.807) is 0 Å². The van der Waals surface area contributed by atoms with Gasteiger partial charge in [0, 0.05) is 11.8 Å². The molecule has 0 spiro atoms. The van der Waals surface area contributed by atoms with E-state index in [-0.39, 0.29) is 11.1 Å². The van der Waals surface area contributed by atoms with Gasteiger partial charge >= 0.3 is 12.1 Å². The average Bonchev–Trinajstić information content (AvgIpc) is 3.14. The molecule has 0 amide bonds. The number of ether oxygens (including phenoxy) is 1. The molecule has 0 atom stereocenters. The fourth-order valence-corrected chi connectivity index (χ4v) is 2.12. The largest absolute Gasteiger partial charge is 0.457 e. The van der Waals surface area contributed by atoms with Crippen molar-refractivity contribution < 1.29 is 22.7 Å². The minimum Gasteiger partial charge on any atom is -0.457 e. The van der Waals surface area contributed by atoms with E-state index in [1.807, 2.05) is 0 Å². The number of nitrogens with zero attached hydrogens (tertiary/aromatic N) is 4. The van der Waals surface area contributed by atoms with E-state index >= 15 is 0 Å². The van der Waals surface area contributed by atoms with Crippen LogP contribution in [-0.4, -0.2) is 25.7 Å². The van der Waals surface area contributed by atoms with Crippen LogP contribution in [0.15, 0.2) is 55.2 Å². The van der Waals surface area contributed by atoms with Crippen LogP contribution in [0.5, 0.6) is 0 Å². The Bertz CT molecular complexity index is 862. The highest BCUT2D eigenvalue weighted by molar-refractivity contribution is 5.89. The van der Waals surface area contributed by atoms with Gasteiger partial charge in [0.2, 0.25) is 0 Å². The molecule has 0 saturated carbocycles. The number of hydrogen-bond donors (Lipinski definition) is 0. The Morgan fingerprint density at radius 3 is 2.60 bits per heavy atom. The SMILES string of the molecule is O=C(OCc1ccccc1C(F)(F)F)c1ccc(-n2cncn2)nc1. The van der Waals surface area contributed by atoms with Crippen LogP contribution in [-0.2, 0) is 17.5 Å². The number of hydrogen-bond acceptors (Lipinski definition) is 5. The number of alkyl halides is 3. The average molecular weight is 348 g/mol. The summed E-state index contributed by atoms with van der Waals surface area (Å²) in [6.07, 6.45) is -0.477. The van der Waals surface area contributed by atoms with Crippen LogP contribution in [0.4, 0.5) is 13.2 Å². The smallest absolute Gasteiger partial charge is 0.416 e. The van der Waals surface area contributed by atoms with Gasteiger partial charge in [-0.05, 0) is 18.2 Å². The third-order valence-electron chi connectivity index (χ3n) is 3.32. The molecule has 0 radical (unpaired) electrons. The van der Waals surface area contributed by atoms with Crippen LogP contribution in [0, 0.1) is 0 Å². The first-order chi connectivity index (χ1) is 11.9. The number of halogens is 3. The number of rotatable bonds is 4. The maximum Gasteiger partial charge on any atom is 0.416 e. The van der Waals surface area contributed by atoms with Crippen molar-refractivity contribution in [2.75, 3.05) is 0 Å². The summed E-state index contributed by atoms with van der Waals surface area (Å²) in [6, 6.07) is 7.91. The summed E-state index contributed by atoms with van der Waals surface area (Å²) in [5.41, 5.74) is -0.827. The van der Waals surface area contributed by atoms with E-state index < -0.39 is 24.3 Å². The topological polar surface area (TPSA) is 69.9 Å². The molecule has 25 heavy (non-hydrogen) atoms. The predicted molar refractivity (Wildman–Crippen MR) is 79.7 cm³/mol. The highest BCUT2D eigenvalue weighted by Crippen LogP contribution is 2.32. The van der Waals surface area contributed by atoms with Gasteiger partial charge in [0.1, 0.15) is 19.3 Å².